The number of benzene rings is 2. The van der Waals surface area contributed by atoms with Crippen LogP contribution in [0.3, 0.4) is 0 Å². The molecule has 150 valence electrons. The molecule has 0 fully saturated rings. The molecule has 1 amide bonds. The summed E-state index contributed by atoms with van der Waals surface area (Å²) in [5, 5.41) is 3.12. The standard InChI is InChI=1S/C22H27NO5/c1-5-17(15-7-8-18-21(12-15)28-10-6-9-27-18)23-22(24)16-13-20(26-4)19(25-3)11-14(16)2/h7-8,11-13,17H,5-6,9-10H2,1-4H3,(H,23,24). The van der Waals surface area contributed by atoms with E-state index in [1.54, 1.807) is 20.3 Å². The topological polar surface area (TPSA) is 66.0 Å². The Morgan fingerprint density at radius 1 is 1.07 bits per heavy atom. The first-order valence-corrected chi connectivity index (χ1v) is 9.50. The van der Waals surface area contributed by atoms with Crippen molar-refractivity contribution >= 4 is 5.91 Å². The SMILES string of the molecule is CCC(NC(=O)c1cc(OC)c(OC)cc1C)c1ccc2c(c1)OCCCO2. The molecule has 0 radical (unpaired) electrons. The monoisotopic (exact) mass is 385 g/mol. The van der Waals surface area contributed by atoms with Gasteiger partial charge >= 0.3 is 0 Å². The largest absolute Gasteiger partial charge is 0.493 e. The summed E-state index contributed by atoms with van der Waals surface area (Å²) >= 11 is 0. The van der Waals surface area contributed by atoms with Gasteiger partial charge in [-0.3, -0.25) is 4.79 Å². The van der Waals surface area contributed by atoms with Crippen LogP contribution in [0.2, 0.25) is 0 Å². The molecule has 0 spiro atoms. The Morgan fingerprint density at radius 3 is 2.43 bits per heavy atom. The van der Waals surface area contributed by atoms with Gasteiger partial charge in [-0.1, -0.05) is 13.0 Å². The molecule has 6 nitrogen and oxygen atoms in total. The van der Waals surface area contributed by atoms with Crippen LogP contribution in [0.25, 0.3) is 0 Å². The van der Waals surface area contributed by atoms with Crippen molar-refractivity contribution < 1.29 is 23.7 Å². The Kier molecular flexibility index (Phi) is 6.29. The Labute approximate surface area is 165 Å². The van der Waals surface area contributed by atoms with E-state index < -0.39 is 0 Å². The summed E-state index contributed by atoms with van der Waals surface area (Å²) in [7, 11) is 3.13. The average molecular weight is 385 g/mol. The van der Waals surface area contributed by atoms with Gasteiger partial charge < -0.3 is 24.3 Å². The first-order valence-electron chi connectivity index (χ1n) is 9.50. The Morgan fingerprint density at radius 2 is 1.75 bits per heavy atom. The molecule has 2 aromatic carbocycles. The predicted octanol–water partition coefficient (Wildman–Crippen LogP) is 4.05. The van der Waals surface area contributed by atoms with E-state index in [1.165, 1.54) is 0 Å². The highest BCUT2D eigenvalue weighted by Gasteiger charge is 2.20. The molecule has 1 aliphatic rings. The van der Waals surface area contributed by atoms with E-state index in [9.17, 15) is 4.79 Å². The molecule has 2 aromatic rings. The van der Waals surface area contributed by atoms with Crippen LogP contribution in [-0.2, 0) is 0 Å². The summed E-state index contributed by atoms with van der Waals surface area (Å²) in [4.78, 5) is 13.0. The lowest BCUT2D eigenvalue weighted by atomic mass is 10.0. The molecule has 1 unspecified atom stereocenters. The van der Waals surface area contributed by atoms with Gasteiger partial charge in [0, 0.05) is 12.0 Å². The van der Waals surface area contributed by atoms with E-state index in [0.29, 0.717) is 30.3 Å². The quantitative estimate of drug-likeness (QED) is 0.812. The van der Waals surface area contributed by atoms with Gasteiger partial charge in [-0.2, -0.15) is 0 Å². The van der Waals surface area contributed by atoms with Crippen LogP contribution in [0.15, 0.2) is 30.3 Å². The Balaban J connectivity index is 1.83. The zero-order valence-corrected chi connectivity index (χ0v) is 16.8. The van der Waals surface area contributed by atoms with Crippen LogP contribution in [0.4, 0.5) is 0 Å². The summed E-state index contributed by atoms with van der Waals surface area (Å²) < 4.78 is 22.1. The molecule has 3 rings (SSSR count). The van der Waals surface area contributed by atoms with E-state index in [4.69, 9.17) is 18.9 Å². The summed E-state index contributed by atoms with van der Waals surface area (Å²) in [6.07, 6.45) is 1.61. The van der Waals surface area contributed by atoms with Crippen molar-refractivity contribution in [2.75, 3.05) is 27.4 Å². The zero-order valence-electron chi connectivity index (χ0n) is 16.8. The molecular formula is C22H27NO5. The van der Waals surface area contributed by atoms with E-state index in [1.807, 2.05) is 38.1 Å². The van der Waals surface area contributed by atoms with Crippen molar-refractivity contribution in [2.45, 2.75) is 32.7 Å². The number of carbonyl (C=O) groups excluding carboxylic acids is 1. The second-order valence-electron chi connectivity index (χ2n) is 6.71. The highest BCUT2D eigenvalue weighted by molar-refractivity contribution is 5.96. The smallest absolute Gasteiger partial charge is 0.252 e. The highest BCUT2D eigenvalue weighted by atomic mass is 16.5. The summed E-state index contributed by atoms with van der Waals surface area (Å²) in [5.41, 5.74) is 2.37. The van der Waals surface area contributed by atoms with Crippen LogP contribution in [-0.4, -0.2) is 33.3 Å². The van der Waals surface area contributed by atoms with E-state index >= 15 is 0 Å². The van der Waals surface area contributed by atoms with Gasteiger partial charge in [-0.05, 0) is 48.7 Å². The number of hydrogen-bond acceptors (Lipinski definition) is 5. The minimum atomic E-state index is -0.155. The van der Waals surface area contributed by atoms with Gasteiger partial charge in [0.15, 0.2) is 23.0 Å². The number of fused-ring (bicyclic) bond motifs is 1. The van der Waals surface area contributed by atoms with E-state index in [2.05, 4.69) is 5.32 Å². The van der Waals surface area contributed by atoms with Gasteiger partial charge in [-0.25, -0.2) is 0 Å². The molecule has 1 N–H and O–H groups in total. The molecule has 1 heterocycles. The predicted molar refractivity (Wildman–Crippen MR) is 107 cm³/mol. The fraction of sp³-hybridized carbons (Fsp3) is 0.409. The van der Waals surface area contributed by atoms with Crippen molar-refractivity contribution in [1.29, 1.82) is 0 Å². The number of rotatable bonds is 6. The van der Waals surface area contributed by atoms with E-state index in [0.717, 1.165) is 35.5 Å². The fourth-order valence-electron chi connectivity index (χ4n) is 3.28. The normalized spacial score (nSPS) is 14.0. The summed E-state index contributed by atoms with van der Waals surface area (Å²) in [6, 6.07) is 9.22. The maximum absolute atomic E-state index is 13.0. The highest BCUT2D eigenvalue weighted by Crippen LogP contribution is 2.34. The van der Waals surface area contributed by atoms with Gasteiger partial charge in [0.25, 0.3) is 5.91 Å². The molecule has 0 aliphatic carbocycles. The van der Waals surface area contributed by atoms with E-state index in [-0.39, 0.29) is 11.9 Å². The third-order valence-electron chi connectivity index (χ3n) is 4.86. The van der Waals surface area contributed by atoms with Crippen molar-refractivity contribution in [1.82, 2.24) is 5.32 Å². The maximum atomic E-state index is 13.0. The molecular weight excluding hydrogens is 358 g/mol. The number of nitrogens with one attached hydrogen (secondary N) is 1. The average Bonchev–Trinajstić information content (AvgIpc) is 2.96. The minimum absolute atomic E-state index is 0.142. The number of ether oxygens (including phenoxy) is 4. The lowest BCUT2D eigenvalue weighted by Gasteiger charge is -2.20. The minimum Gasteiger partial charge on any atom is -0.493 e. The number of amides is 1. The van der Waals surface area contributed by atoms with Crippen molar-refractivity contribution in [3.05, 3.63) is 47.0 Å². The van der Waals surface area contributed by atoms with Crippen molar-refractivity contribution in [2.24, 2.45) is 0 Å². The van der Waals surface area contributed by atoms with Crippen LogP contribution < -0.4 is 24.3 Å². The molecule has 0 saturated heterocycles. The number of hydrogen-bond donors (Lipinski definition) is 1. The van der Waals surface area contributed by atoms with Crippen LogP contribution in [0, 0.1) is 6.92 Å². The van der Waals surface area contributed by atoms with Gasteiger partial charge in [0.2, 0.25) is 0 Å². The molecule has 0 aromatic heterocycles. The lowest BCUT2D eigenvalue weighted by Crippen LogP contribution is -2.28. The zero-order chi connectivity index (χ0) is 20.1. The fourth-order valence-corrected chi connectivity index (χ4v) is 3.28. The second kappa shape index (κ2) is 8.87. The van der Waals surface area contributed by atoms with Gasteiger partial charge in [0.05, 0.1) is 33.5 Å². The van der Waals surface area contributed by atoms with Crippen LogP contribution in [0.5, 0.6) is 23.0 Å². The Hall–Kier alpha value is -2.89. The number of methoxy groups -OCH3 is 2. The summed E-state index contributed by atoms with van der Waals surface area (Å²) in [5.74, 6) is 2.45. The number of carbonyl (C=O) groups is 1. The lowest BCUT2D eigenvalue weighted by molar-refractivity contribution is 0.0934. The molecule has 0 saturated carbocycles. The van der Waals surface area contributed by atoms with Crippen LogP contribution >= 0.6 is 0 Å². The molecule has 1 aliphatic heterocycles. The number of aryl methyl sites for hydroxylation is 1. The summed E-state index contributed by atoms with van der Waals surface area (Å²) in [6.45, 7) is 5.20. The Bertz CT molecular complexity index is 849. The third-order valence-corrected chi connectivity index (χ3v) is 4.86. The molecule has 6 heteroatoms. The maximum Gasteiger partial charge on any atom is 0.252 e. The van der Waals surface area contributed by atoms with Gasteiger partial charge in [-0.15, -0.1) is 0 Å². The first-order chi connectivity index (χ1) is 13.6. The van der Waals surface area contributed by atoms with Crippen molar-refractivity contribution in [3.63, 3.8) is 0 Å². The third kappa shape index (κ3) is 4.16. The van der Waals surface area contributed by atoms with Crippen molar-refractivity contribution in [3.8, 4) is 23.0 Å². The first kappa shape index (κ1) is 19.9. The molecule has 1 atom stereocenters. The molecule has 0 bridgehead atoms. The molecule has 28 heavy (non-hydrogen) atoms. The van der Waals surface area contributed by atoms with Gasteiger partial charge in [0.1, 0.15) is 0 Å². The second-order valence-corrected chi connectivity index (χ2v) is 6.71. The van der Waals surface area contributed by atoms with Crippen LogP contribution in [0.1, 0.15) is 47.3 Å².